The Morgan fingerprint density at radius 2 is 1.84 bits per heavy atom. The molecule has 0 unspecified atom stereocenters. The Labute approximate surface area is 181 Å². The van der Waals surface area contributed by atoms with E-state index in [1.807, 2.05) is 13.0 Å². The Morgan fingerprint density at radius 3 is 2.48 bits per heavy atom. The molecule has 0 aliphatic heterocycles. The highest BCUT2D eigenvalue weighted by atomic mass is 32.2. The Bertz CT molecular complexity index is 1200. The first-order valence-corrected chi connectivity index (χ1v) is 11.8. The van der Waals surface area contributed by atoms with Gasteiger partial charge in [-0.3, -0.25) is 4.79 Å². The number of primary amides is 1. The molecule has 1 aliphatic rings. The van der Waals surface area contributed by atoms with Gasteiger partial charge in [0.1, 0.15) is 5.82 Å². The van der Waals surface area contributed by atoms with Crippen molar-refractivity contribution in [3.63, 3.8) is 0 Å². The van der Waals surface area contributed by atoms with Gasteiger partial charge in [0.15, 0.2) is 0 Å². The van der Waals surface area contributed by atoms with E-state index >= 15 is 0 Å². The molecule has 1 aliphatic carbocycles. The van der Waals surface area contributed by atoms with Crippen molar-refractivity contribution >= 4 is 26.8 Å². The number of hydrogen-bond acceptors (Lipinski definition) is 3. The lowest BCUT2D eigenvalue weighted by Gasteiger charge is -2.42. The number of H-pyrrole nitrogens is 1. The molecule has 0 radical (unpaired) electrons. The summed E-state index contributed by atoms with van der Waals surface area (Å²) >= 11 is 0. The van der Waals surface area contributed by atoms with Gasteiger partial charge in [0, 0.05) is 23.1 Å². The number of nitrogens with one attached hydrogen (secondary N) is 2. The van der Waals surface area contributed by atoms with Crippen LogP contribution in [0.15, 0.2) is 59.6 Å². The zero-order valence-electron chi connectivity index (χ0n) is 17.3. The first-order chi connectivity index (χ1) is 14.7. The van der Waals surface area contributed by atoms with Gasteiger partial charge in [-0.2, -0.15) is 0 Å². The van der Waals surface area contributed by atoms with Gasteiger partial charge >= 0.3 is 0 Å². The molecule has 6 nitrogen and oxygen atoms in total. The first-order valence-electron chi connectivity index (χ1n) is 10.4. The van der Waals surface area contributed by atoms with E-state index in [4.69, 9.17) is 5.73 Å². The minimum absolute atomic E-state index is 0.195. The number of nitrogens with two attached hydrogens (primary N) is 1. The normalized spacial score (nSPS) is 23.0. The number of halogens is 1. The lowest BCUT2D eigenvalue weighted by Crippen LogP contribution is -2.48. The highest BCUT2D eigenvalue weighted by Gasteiger charge is 2.45. The molecule has 2 aromatic carbocycles. The van der Waals surface area contributed by atoms with Gasteiger partial charge in [-0.25, -0.2) is 17.5 Å². The molecule has 164 valence electrons. The van der Waals surface area contributed by atoms with E-state index in [0.29, 0.717) is 25.7 Å². The van der Waals surface area contributed by atoms with Gasteiger partial charge in [0.25, 0.3) is 0 Å². The molecule has 31 heavy (non-hydrogen) atoms. The first kappa shape index (κ1) is 21.5. The Morgan fingerprint density at radius 1 is 1.16 bits per heavy atom. The maximum atomic E-state index is 13.3. The highest BCUT2D eigenvalue weighted by Crippen LogP contribution is 2.47. The van der Waals surface area contributed by atoms with Crippen LogP contribution in [0, 0.1) is 11.2 Å². The van der Waals surface area contributed by atoms with Gasteiger partial charge in [-0.15, -0.1) is 0 Å². The largest absolute Gasteiger partial charge is 0.369 e. The Balaban J connectivity index is 1.49. The molecule has 0 spiro atoms. The molecule has 3 aromatic rings. The average molecular weight is 444 g/mol. The summed E-state index contributed by atoms with van der Waals surface area (Å²) in [4.78, 5) is 15.7. The third-order valence-electron chi connectivity index (χ3n) is 6.72. The molecule has 1 heterocycles. The lowest BCUT2D eigenvalue weighted by atomic mass is 9.63. The second kappa shape index (κ2) is 8.09. The highest BCUT2D eigenvalue weighted by molar-refractivity contribution is 7.89. The Hall–Kier alpha value is -2.71. The summed E-state index contributed by atoms with van der Waals surface area (Å²) in [5.41, 5.74) is 6.75. The van der Waals surface area contributed by atoms with Crippen LogP contribution >= 0.6 is 0 Å². The van der Waals surface area contributed by atoms with E-state index in [1.54, 1.807) is 36.5 Å². The van der Waals surface area contributed by atoms with Crippen LogP contribution in [-0.2, 0) is 14.8 Å². The average Bonchev–Trinajstić information content (AvgIpc) is 3.22. The number of aromatic amines is 1. The van der Waals surface area contributed by atoms with Crippen molar-refractivity contribution < 1.29 is 17.6 Å². The van der Waals surface area contributed by atoms with E-state index in [0.717, 1.165) is 16.5 Å². The molecule has 8 heteroatoms. The number of benzene rings is 2. The van der Waals surface area contributed by atoms with Crippen LogP contribution in [0.4, 0.5) is 4.39 Å². The van der Waals surface area contributed by atoms with Crippen molar-refractivity contribution in [3.05, 3.63) is 66.1 Å². The Kier molecular flexibility index (Phi) is 5.61. The van der Waals surface area contributed by atoms with E-state index in [-0.39, 0.29) is 22.7 Å². The molecule has 1 aromatic heterocycles. The van der Waals surface area contributed by atoms with Crippen LogP contribution in [-0.4, -0.2) is 25.4 Å². The number of amides is 1. The van der Waals surface area contributed by atoms with Crippen molar-refractivity contribution in [2.75, 3.05) is 0 Å². The van der Waals surface area contributed by atoms with Crippen molar-refractivity contribution in [1.82, 2.24) is 9.71 Å². The zero-order chi connectivity index (χ0) is 22.2. The monoisotopic (exact) mass is 443 g/mol. The minimum Gasteiger partial charge on any atom is -0.369 e. The molecule has 1 atom stereocenters. The molecular weight excluding hydrogens is 417 g/mol. The van der Waals surface area contributed by atoms with E-state index < -0.39 is 21.3 Å². The molecule has 0 saturated heterocycles. The van der Waals surface area contributed by atoms with E-state index in [2.05, 4.69) is 9.71 Å². The van der Waals surface area contributed by atoms with E-state index in [1.165, 1.54) is 12.1 Å². The van der Waals surface area contributed by atoms with Crippen molar-refractivity contribution in [2.24, 2.45) is 11.1 Å². The number of sulfonamides is 1. The predicted octanol–water partition coefficient (Wildman–Crippen LogP) is 3.80. The third-order valence-corrected chi connectivity index (χ3v) is 8.24. The SMILES string of the molecule is C[C@H](c1ccc(F)cc1)C1(C(N)=O)CCC(NS(=O)(=O)c2ccc3[nH]ccc3c2)CC1. The number of hydrogen-bond donors (Lipinski definition) is 3. The van der Waals surface area contributed by atoms with Crippen LogP contribution in [0.1, 0.15) is 44.1 Å². The summed E-state index contributed by atoms with van der Waals surface area (Å²) in [6.45, 7) is 1.93. The predicted molar refractivity (Wildman–Crippen MR) is 117 cm³/mol. The van der Waals surface area contributed by atoms with Crippen molar-refractivity contribution in [2.45, 2.75) is 49.5 Å². The van der Waals surface area contributed by atoms with Crippen LogP contribution in [0.3, 0.4) is 0 Å². The molecule has 1 fully saturated rings. The molecule has 1 amide bonds. The van der Waals surface area contributed by atoms with Crippen LogP contribution in [0.2, 0.25) is 0 Å². The van der Waals surface area contributed by atoms with E-state index in [9.17, 15) is 17.6 Å². The fourth-order valence-corrected chi connectivity index (χ4v) is 6.04. The fraction of sp³-hybridized carbons (Fsp3) is 0.348. The van der Waals surface area contributed by atoms with Gasteiger partial charge in [-0.1, -0.05) is 19.1 Å². The van der Waals surface area contributed by atoms with Crippen LogP contribution < -0.4 is 10.5 Å². The number of carbonyl (C=O) groups is 1. The van der Waals surface area contributed by atoms with Crippen LogP contribution in [0.5, 0.6) is 0 Å². The third kappa shape index (κ3) is 4.09. The number of rotatable bonds is 6. The molecule has 0 bridgehead atoms. The standard InChI is InChI=1S/C23H26FN3O3S/c1-15(16-2-4-18(24)5-3-16)23(22(25)28)11-8-19(9-12-23)27-31(29,30)20-6-7-21-17(14-20)10-13-26-21/h2-7,10,13-15,19,26-27H,8-9,11-12H2,1H3,(H2,25,28)/t15-,19?,23?/m1/s1. The van der Waals surface area contributed by atoms with Crippen molar-refractivity contribution in [3.8, 4) is 0 Å². The molecule has 4 N–H and O–H groups in total. The smallest absolute Gasteiger partial charge is 0.240 e. The molecular formula is C23H26FN3O3S. The van der Waals surface area contributed by atoms with Gasteiger partial charge in [0.05, 0.1) is 10.3 Å². The van der Waals surface area contributed by atoms with Gasteiger partial charge in [0.2, 0.25) is 15.9 Å². The second-order valence-electron chi connectivity index (χ2n) is 8.42. The maximum Gasteiger partial charge on any atom is 0.240 e. The zero-order valence-corrected chi connectivity index (χ0v) is 18.1. The number of aromatic nitrogens is 1. The number of carbonyl (C=O) groups excluding carboxylic acids is 1. The lowest BCUT2D eigenvalue weighted by molar-refractivity contribution is -0.131. The quantitative estimate of drug-likeness (QED) is 0.540. The molecule has 1 saturated carbocycles. The summed E-state index contributed by atoms with van der Waals surface area (Å²) in [5.74, 6) is -0.928. The van der Waals surface area contributed by atoms with Crippen LogP contribution in [0.25, 0.3) is 10.9 Å². The van der Waals surface area contributed by atoms with Gasteiger partial charge < -0.3 is 10.7 Å². The summed E-state index contributed by atoms with van der Waals surface area (Å²) in [7, 11) is -3.69. The topological polar surface area (TPSA) is 105 Å². The number of fused-ring (bicyclic) bond motifs is 1. The summed E-state index contributed by atoms with van der Waals surface area (Å²) in [6, 6.07) is 12.6. The van der Waals surface area contributed by atoms with Gasteiger partial charge in [-0.05, 0) is 73.6 Å². The summed E-state index contributed by atoms with van der Waals surface area (Å²) in [5, 5.41) is 0.826. The fourth-order valence-electron chi connectivity index (χ4n) is 4.70. The maximum absolute atomic E-state index is 13.3. The summed E-state index contributed by atoms with van der Waals surface area (Å²) < 4.78 is 41.9. The summed E-state index contributed by atoms with van der Waals surface area (Å²) in [6.07, 6.45) is 3.69. The second-order valence-corrected chi connectivity index (χ2v) is 10.1. The molecule has 4 rings (SSSR count). The van der Waals surface area contributed by atoms with Crippen molar-refractivity contribution in [1.29, 1.82) is 0 Å². The minimum atomic E-state index is -3.69.